The van der Waals surface area contributed by atoms with Gasteiger partial charge in [0, 0.05) is 6.04 Å². The average molecular weight is 467 g/mol. The van der Waals surface area contributed by atoms with Crippen LogP contribution in [0.4, 0.5) is 4.79 Å². The normalized spacial score (nSPS) is 18.9. The van der Waals surface area contributed by atoms with Crippen LogP contribution in [-0.4, -0.2) is 53.6 Å². The first-order valence-corrected chi connectivity index (χ1v) is 9.73. The molecule has 0 atom stereocenters. The molecule has 0 aromatic heterocycles. The fourth-order valence-corrected chi connectivity index (χ4v) is 4.00. The highest BCUT2D eigenvalue weighted by Gasteiger charge is 2.40. The van der Waals surface area contributed by atoms with Gasteiger partial charge < -0.3 is 14.6 Å². The molecule has 1 aromatic carbocycles. The quantitative estimate of drug-likeness (QED) is 0.487. The van der Waals surface area contributed by atoms with Crippen molar-refractivity contribution in [2.24, 2.45) is 0 Å². The zero-order chi connectivity index (χ0) is 21.1. The predicted molar refractivity (Wildman–Crippen MR) is 104 cm³/mol. The first-order valence-electron chi connectivity index (χ1n) is 8.94. The molecule has 1 aliphatic carbocycles. The van der Waals surface area contributed by atoms with E-state index >= 15 is 0 Å². The number of urea groups is 1. The van der Waals surface area contributed by atoms with Gasteiger partial charge in [0.05, 0.1) is 11.6 Å². The molecule has 0 spiro atoms. The fraction of sp³-hybridized carbons (Fsp3) is 0.368. The lowest BCUT2D eigenvalue weighted by Gasteiger charge is -2.31. The molecule has 2 fully saturated rings. The number of carboxylic acid groups (broad SMARTS) is 1. The van der Waals surface area contributed by atoms with Crippen molar-refractivity contribution in [1.82, 2.24) is 10.2 Å². The molecule has 0 unspecified atom stereocenters. The molecule has 154 valence electrons. The number of methoxy groups -OCH3 is 1. The minimum Gasteiger partial charge on any atom is -0.493 e. The summed E-state index contributed by atoms with van der Waals surface area (Å²) in [4.78, 5) is 49.2. The Morgan fingerprint density at radius 2 is 2.00 bits per heavy atom. The van der Waals surface area contributed by atoms with E-state index in [0.29, 0.717) is 10.0 Å². The van der Waals surface area contributed by atoms with E-state index in [1.165, 1.54) is 19.3 Å². The summed E-state index contributed by atoms with van der Waals surface area (Å²) in [6.07, 6.45) is 4.65. The monoisotopic (exact) mass is 466 g/mol. The second-order valence-electron chi connectivity index (χ2n) is 6.65. The van der Waals surface area contributed by atoms with Gasteiger partial charge in [-0.3, -0.25) is 19.8 Å². The van der Waals surface area contributed by atoms with Crippen molar-refractivity contribution in [2.75, 3.05) is 13.7 Å². The molecule has 9 nitrogen and oxygen atoms in total. The minimum atomic E-state index is -1.15. The van der Waals surface area contributed by atoms with Crippen LogP contribution < -0.4 is 14.8 Å². The summed E-state index contributed by atoms with van der Waals surface area (Å²) in [6.45, 7) is -0.561. The zero-order valence-corrected chi connectivity index (χ0v) is 17.2. The number of carboxylic acids is 1. The molecular formula is C19H19BrN2O7. The number of hydrogen-bond acceptors (Lipinski definition) is 6. The summed E-state index contributed by atoms with van der Waals surface area (Å²) in [6, 6.07) is 2.16. The van der Waals surface area contributed by atoms with Crippen LogP contribution in [0.25, 0.3) is 6.08 Å². The Morgan fingerprint density at radius 1 is 1.31 bits per heavy atom. The molecule has 0 bridgehead atoms. The highest BCUT2D eigenvalue weighted by atomic mass is 79.9. The van der Waals surface area contributed by atoms with Crippen molar-refractivity contribution < 1.29 is 33.8 Å². The molecule has 1 saturated heterocycles. The number of hydrogen-bond donors (Lipinski definition) is 2. The van der Waals surface area contributed by atoms with Crippen LogP contribution in [0.1, 0.15) is 31.2 Å². The molecule has 1 aliphatic heterocycles. The van der Waals surface area contributed by atoms with Crippen LogP contribution in [-0.2, 0) is 14.4 Å². The Kier molecular flexibility index (Phi) is 6.21. The predicted octanol–water partition coefficient (Wildman–Crippen LogP) is 2.33. The number of halogens is 1. The van der Waals surface area contributed by atoms with E-state index in [-0.39, 0.29) is 23.1 Å². The molecule has 2 N–H and O–H groups in total. The van der Waals surface area contributed by atoms with Crippen molar-refractivity contribution in [3.8, 4) is 11.5 Å². The van der Waals surface area contributed by atoms with E-state index < -0.39 is 30.4 Å². The smallest absolute Gasteiger partial charge is 0.341 e. The third-order valence-electron chi connectivity index (χ3n) is 4.73. The van der Waals surface area contributed by atoms with Gasteiger partial charge >= 0.3 is 12.0 Å². The largest absolute Gasteiger partial charge is 0.493 e. The summed E-state index contributed by atoms with van der Waals surface area (Å²) < 4.78 is 10.8. The molecule has 10 heteroatoms. The number of nitrogens with one attached hydrogen (secondary N) is 1. The van der Waals surface area contributed by atoms with Gasteiger partial charge in [0.15, 0.2) is 18.1 Å². The van der Waals surface area contributed by atoms with Gasteiger partial charge in [-0.1, -0.05) is 12.8 Å². The van der Waals surface area contributed by atoms with Gasteiger partial charge in [0.25, 0.3) is 11.8 Å². The molecule has 4 amide bonds. The van der Waals surface area contributed by atoms with Crippen molar-refractivity contribution in [2.45, 2.75) is 31.7 Å². The van der Waals surface area contributed by atoms with E-state index in [0.717, 1.165) is 30.6 Å². The van der Waals surface area contributed by atoms with Crippen molar-refractivity contribution >= 4 is 45.8 Å². The summed E-state index contributed by atoms with van der Waals surface area (Å²) in [7, 11) is 1.38. The van der Waals surface area contributed by atoms with Crippen LogP contribution >= 0.6 is 15.9 Å². The topological polar surface area (TPSA) is 122 Å². The van der Waals surface area contributed by atoms with Crippen LogP contribution in [0.2, 0.25) is 0 Å². The number of barbiturate groups is 1. The van der Waals surface area contributed by atoms with Gasteiger partial charge in [-0.05, 0) is 52.5 Å². The first-order chi connectivity index (χ1) is 13.8. The standard InChI is InChI=1S/C19H19BrN2O7/c1-28-14-8-10(7-13(20)16(14)29-9-15(23)24)6-12-17(25)21-19(27)22(18(12)26)11-4-2-3-5-11/h6-8,11H,2-5,9H2,1H3,(H,23,24)(H,21,25,27)/b12-6+. The maximum Gasteiger partial charge on any atom is 0.341 e. The van der Waals surface area contributed by atoms with E-state index in [9.17, 15) is 19.2 Å². The lowest BCUT2D eigenvalue weighted by atomic mass is 10.0. The Bertz CT molecular complexity index is 906. The number of amides is 4. The highest BCUT2D eigenvalue weighted by molar-refractivity contribution is 9.10. The van der Waals surface area contributed by atoms with E-state index in [4.69, 9.17) is 14.6 Å². The number of aliphatic carboxylic acids is 1. The Hall–Kier alpha value is -2.88. The Balaban J connectivity index is 1.94. The summed E-state index contributed by atoms with van der Waals surface area (Å²) in [5.74, 6) is -2.15. The molecule has 1 aromatic rings. The SMILES string of the molecule is COc1cc(/C=C2\C(=O)NC(=O)N(C3CCCC3)C2=O)cc(Br)c1OCC(=O)O. The number of rotatable bonds is 6. The van der Waals surface area contributed by atoms with E-state index in [1.54, 1.807) is 6.07 Å². The lowest BCUT2D eigenvalue weighted by molar-refractivity contribution is -0.139. The first kappa shape index (κ1) is 20.8. The summed E-state index contributed by atoms with van der Waals surface area (Å²) in [5, 5.41) is 11.0. The minimum absolute atomic E-state index is 0.162. The van der Waals surface area contributed by atoms with Crippen molar-refractivity contribution in [3.05, 3.63) is 27.7 Å². The number of carbonyl (C=O) groups excluding carboxylic acids is 3. The molecular weight excluding hydrogens is 448 g/mol. The maximum atomic E-state index is 12.9. The third kappa shape index (κ3) is 4.42. The summed E-state index contributed by atoms with van der Waals surface area (Å²) in [5.41, 5.74) is 0.278. The van der Waals surface area contributed by atoms with Crippen LogP contribution in [0.5, 0.6) is 11.5 Å². The number of ether oxygens (including phenoxy) is 2. The molecule has 3 rings (SSSR count). The van der Waals surface area contributed by atoms with Gasteiger partial charge in [-0.25, -0.2) is 9.59 Å². The zero-order valence-electron chi connectivity index (χ0n) is 15.6. The second-order valence-corrected chi connectivity index (χ2v) is 7.50. The fourth-order valence-electron chi connectivity index (χ4n) is 3.43. The highest BCUT2D eigenvalue weighted by Crippen LogP contribution is 2.37. The van der Waals surface area contributed by atoms with Gasteiger partial charge in [-0.2, -0.15) is 0 Å². The molecule has 2 aliphatic rings. The van der Waals surface area contributed by atoms with Crippen molar-refractivity contribution in [1.29, 1.82) is 0 Å². The van der Waals surface area contributed by atoms with Gasteiger partial charge in [-0.15, -0.1) is 0 Å². The number of benzene rings is 1. The Labute approximate surface area is 174 Å². The Morgan fingerprint density at radius 3 is 2.62 bits per heavy atom. The van der Waals surface area contributed by atoms with E-state index in [2.05, 4.69) is 21.2 Å². The number of imide groups is 2. The molecule has 1 heterocycles. The molecule has 0 radical (unpaired) electrons. The number of nitrogens with zero attached hydrogens (tertiary/aromatic N) is 1. The number of carbonyl (C=O) groups is 4. The van der Waals surface area contributed by atoms with Gasteiger partial charge in [0.2, 0.25) is 0 Å². The van der Waals surface area contributed by atoms with Crippen LogP contribution in [0, 0.1) is 0 Å². The second kappa shape index (κ2) is 8.64. The lowest BCUT2D eigenvalue weighted by Crippen LogP contribution is -2.57. The third-order valence-corrected chi connectivity index (χ3v) is 5.31. The maximum absolute atomic E-state index is 12.9. The average Bonchev–Trinajstić information content (AvgIpc) is 3.17. The van der Waals surface area contributed by atoms with Crippen LogP contribution in [0.15, 0.2) is 22.2 Å². The van der Waals surface area contributed by atoms with Crippen LogP contribution in [0.3, 0.4) is 0 Å². The molecule has 1 saturated carbocycles. The van der Waals surface area contributed by atoms with Crippen molar-refractivity contribution in [3.63, 3.8) is 0 Å². The van der Waals surface area contributed by atoms with Gasteiger partial charge in [0.1, 0.15) is 5.57 Å². The summed E-state index contributed by atoms with van der Waals surface area (Å²) >= 11 is 3.28. The van der Waals surface area contributed by atoms with E-state index in [1.807, 2.05) is 0 Å². The molecule has 29 heavy (non-hydrogen) atoms.